The lowest BCUT2D eigenvalue weighted by atomic mass is 9.98. The average molecular weight is 463 g/mol. The van der Waals surface area contributed by atoms with Crippen LogP contribution in [0.25, 0.3) is 10.2 Å². The van der Waals surface area contributed by atoms with Gasteiger partial charge in [0.15, 0.2) is 5.75 Å². The van der Waals surface area contributed by atoms with Crippen LogP contribution in [0.5, 0.6) is 5.75 Å². The van der Waals surface area contributed by atoms with Gasteiger partial charge in [-0.25, -0.2) is 13.6 Å². The van der Waals surface area contributed by atoms with Crippen LogP contribution in [0.4, 0.5) is 8.78 Å². The maximum absolute atomic E-state index is 13.4. The molecule has 3 heterocycles. The molecule has 3 rings (SSSR count). The molecule has 2 aromatic heterocycles. The minimum Gasteiger partial charge on any atom is -0.505 e. The standard InChI is InChI=1S/C18H24F2N3O5PS/c1-2-22-14(26)11-12(25)13(15(27)21-6-3-10(9-24)4-7-21)30-16(11)23(17(22)28)8-5-18(19,20)29/h10,24-25H,2-9,29H2,1H3. The van der Waals surface area contributed by atoms with Crippen molar-refractivity contribution in [1.82, 2.24) is 14.0 Å². The normalized spacial score (nSPS) is 15.8. The molecule has 1 aliphatic rings. The number of carbonyl (C=O) groups excluding carboxylic acids is 1. The topological polar surface area (TPSA) is 105 Å². The summed E-state index contributed by atoms with van der Waals surface area (Å²) < 4.78 is 28.6. The van der Waals surface area contributed by atoms with Gasteiger partial charge in [-0.15, -0.1) is 11.3 Å². The van der Waals surface area contributed by atoms with Crippen LogP contribution >= 0.6 is 20.6 Å². The lowest BCUT2D eigenvalue weighted by Crippen LogP contribution is -2.39. The fourth-order valence-corrected chi connectivity index (χ4v) is 4.90. The number of aryl methyl sites for hydroxylation is 1. The van der Waals surface area contributed by atoms with E-state index in [4.69, 9.17) is 0 Å². The van der Waals surface area contributed by atoms with Crippen molar-refractivity contribution in [2.24, 2.45) is 5.92 Å². The second-order valence-corrected chi connectivity index (χ2v) is 9.22. The number of alkyl halides is 2. The van der Waals surface area contributed by atoms with E-state index in [1.807, 2.05) is 0 Å². The van der Waals surface area contributed by atoms with Crippen LogP contribution in [-0.4, -0.2) is 55.5 Å². The van der Waals surface area contributed by atoms with Crippen molar-refractivity contribution in [1.29, 1.82) is 0 Å². The van der Waals surface area contributed by atoms with E-state index in [-0.39, 0.29) is 40.7 Å². The second kappa shape index (κ2) is 8.72. The Kier molecular flexibility index (Phi) is 6.64. The van der Waals surface area contributed by atoms with Gasteiger partial charge in [0.25, 0.3) is 17.1 Å². The number of rotatable bonds is 6. The lowest BCUT2D eigenvalue weighted by Gasteiger charge is -2.30. The Bertz CT molecular complexity index is 1070. The van der Waals surface area contributed by atoms with E-state index in [2.05, 4.69) is 0 Å². The number of likely N-dealkylation sites (tertiary alicyclic amines) is 1. The number of piperidine rings is 1. The molecule has 166 valence electrons. The Hall–Kier alpha value is -1.84. The van der Waals surface area contributed by atoms with Gasteiger partial charge in [-0.3, -0.25) is 18.7 Å². The van der Waals surface area contributed by atoms with Gasteiger partial charge in [-0.05, 0) is 25.7 Å². The van der Waals surface area contributed by atoms with Crippen molar-refractivity contribution in [3.8, 4) is 5.75 Å². The molecule has 0 spiro atoms. The highest BCUT2D eigenvalue weighted by Crippen LogP contribution is 2.36. The zero-order valence-corrected chi connectivity index (χ0v) is 18.4. The molecule has 0 bridgehead atoms. The lowest BCUT2D eigenvalue weighted by molar-refractivity contribution is 0.0653. The highest BCUT2D eigenvalue weighted by Gasteiger charge is 2.30. The van der Waals surface area contributed by atoms with Crippen molar-refractivity contribution in [2.45, 2.75) is 44.9 Å². The van der Waals surface area contributed by atoms with Crippen LogP contribution in [0.3, 0.4) is 0 Å². The van der Waals surface area contributed by atoms with Crippen LogP contribution in [0.2, 0.25) is 0 Å². The Morgan fingerprint density at radius 3 is 2.43 bits per heavy atom. The van der Waals surface area contributed by atoms with Crippen molar-refractivity contribution in [3.63, 3.8) is 0 Å². The molecule has 1 amide bonds. The molecular formula is C18H24F2N3O5PS. The van der Waals surface area contributed by atoms with E-state index >= 15 is 0 Å². The van der Waals surface area contributed by atoms with E-state index in [9.17, 15) is 33.4 Å². The molecule has 12 heteroatoms. The molecule has 1 fully saturated rings. The largest absolute Gasteiger partial charge is 0.505 e. The number of amides is 1. The molecule has 1 unspecified atom stereocenters. The van der Waals surface area contributed by atoms with Gasteiger partial charge >= 0.3 is 5.69 Å². The minimum atomic E-state index is -3.10. The number of aromatic hydroxyl groups is 1. The summed E-state index contributed by atoms with van der Waals surface area (Å²) in [5.74, 6) is -0.897. The van der Waals surface area contributed by atoms with Crippen molar-refractivity contribution < 1.29 is 23.8 Å². The quantitative estimate of drug-likeness (QED) is 0.634. The van der Waals surface area contributed by atoms with Crippen LogP contribution in [0.15, 0.2) is 9.59 Å². The number of aliphatic hydroxyl groups excluding tert-OH is 1. The number of thiophene rings is 1. The smallest absolute Gasteiger partial charge is 0.332 e. The van der Waals surface area contributed by atoms with Crippen LogP contribution in [0, 0.1) is 5.92 Å². The Morgan fingerprint density at radius 2 is 1.90 bits per heavy atom. The number of hydrogen-bond donors (Lipinski definition) is 2. The molecule has 8 nitrogen and oxygen atoms in total. The molecule has 0 aliphatic carbocycles. The molecule has 0 radical (unpaired) electrons. The summed E-state index contributed by atoms with van der Waals surface area (Å²) in [6.07, 6.45) is 0.570. The van der Waals surface area contributed by atoms with Gasteiger partial charge in [-0.1, -0.05) is 9.24 Å². The number of hydrogen-bond acceptors (Lipinski definition) is 6. The predicted octanol–water partition coefficient (Wildman–Crippen LogP) is 1.65. The first kappa shape index (κ1) is 22.8. The number of nitrogens with zero attached hydrogens (tertiary/aromatic N) is 3. The summed E-state index contributed by atoms with van der Waals surface area (Å²) in [6.45, 7) is 2.01. The van der Waals surface area contributed by atoms with E-state index in [0.717, 1.165) is 20.5 Å². The molecule has 1 atom stereocenters. The summed E-state index contributed by atoms with van der Waals surface area (Å²) in [6, 6.07) is 0. The Morgan fingerprint density at radius 1 is 1.27 bits per heavy atom. The number of aromatic nitrogens is 2. The molecule has 2 aromatic rings. The van der Waals surface area contributed by atoms with E-state index < -0.39 is 35.0 Å². The first-order valence-corrected chi connectivity index (χ1v) is 11.0. The summed E-state index contributed by atoms with van der Waals surface area (Å²) in [4.78, 5) is 39.8. The Balaban J connectivity index is 2.09. The fraction of sp³-hybridized carbons (Fsp3) is 0.611. The highest BCUT2D eigenvalue weighted by atomic mass is 32.1. The number of aliphatic hydroxyl groups is 1. The fourth-order valence-electron chi connectivity index (χ4n) is 3.59. The molecule has 0 aromatic carbocycles. The Labute approximate surface area is 176 Å². The zero-order chi connectivity index (χ0) is 22.2. The first-order valence-electron chi connectivity index (χ1n) is 9.65. The van der Waals surface area contributed by atoms with E-state index in [1.54, 1.807) is 6.92 Å². The van der Waals surface area contributed by atoms with Gasteiger partial charge in [-0.2, -0.15) is 0 Å². The maximum atomic E-state index is 13.4. The van der Waals surface area contributed by atoms with Crippen molar-refractivity contribution in [2.75, 3.05) is 19.7 Å². The SMILES string of the molecule is CCn1c(=O)c2c(O)c(C(=O)N3CCC(CO)CC3)sc2n(CCC(F)(F)P)c1=O. The van der Waals surface area contributed by atoms with Crippen LogP contribution < -0.4 is 11.2 Å². The van der Waals surface area contributed by atoms with Gasteiger partial charge < -0.3 is 15.1 Å². The first-order chi connectivity index (χ1) is 14.1. The minimum absolute atomic E-state index is 0.00187. The molecular weight excluding hydrogens is 439 g/mol. The molecule has 30 heavy (non-hydrogen) atoms. The summed E-state index contributed by atoms with van der Waals surface area (Å²) >= 11 is 0.764. The monoisotopic (exact) mass is 463 g/mol. The average Bonchev–Trinajstić information content (AvgIpc) is 3.04. The van der Waals surface area contributed by atoms with E-state index in [1.165, 1.54) is 14.1 Å². The van der Waals surface area contributed by atoms with Gasteiger partial charge in [0.05, 0.1) is 0 Å². The van der Waals surface area contributed by atoms with Crippen LogP contribution in [0.1, 0.15) is 35.9 Å². The predicted molar refractivity (Wildman–Crippen MR) is 113 cm³/mol. The van der Waals surface area contributed by atoms with Crippen molar-refractivity contribution >= 4 is 36.7 Å². The third kappa shape index (κ3) is 4.29. The number of carbonyl (C=O) groups is 1. The molecule has 1 aliphatic heterocycles. The third-order valence-electron chi connectivity index (χ3n) is 5.37. The van der Waals surface area contributed by atoms with Gasteiger partial charge in [0, 0.05) is 39.2 Å². The molecule has 1 saturated heterocycles. The number of halogens is 2. The van der Waals surface area contributed by atoms with Crippen LogP contribution in [-0.2, 0) is 13.1 Å². The third-order valence-corrected chi connectivity index (χ3v) is 6.85. The zero-order valence-electron chi connectivity index (χ0n) is 16.4. The van der Waals surface area contributed by atoms with E-state index in [0.29, 0.717) is 25.9 Å². The van der Waals surface area contributed by atoms with Gasteiger partial charge in [0.1, 0.15) is 15.1 Å². The maximum Gasteiger partial charge on any atom is 0.332 e. The summed E-state index contributed by atoms with van der Waals surface area (Å²) in [7, 11) is 1.40. The molecule has 0 saturated carbocycles. The van der Waals surface area contributed by atoms with Crippen molar-refractivity contribution in [3.05, 3.63) is 25.7 Å². The summed E-state index contributed by atoms with van der Waals surface area (Å²) in [5, 5.41) is 19.7. The molecule has 2 N–H and O–H groups in total. The second-order valence-electron chi connectivity index (χ2n) is 7.37. The number of fused-ring (bicyclic) bond motifs is 1. The summed E-state index contributed by atoms with van der Waals surface area (Å²) in [5.41, 5.74) is -4.61. The van der Waals surface area contributed by atoms with Gasteiger partial charge in [0.2, 0.25) is 0 Å². The highest BCUT2D eigenvalue weighted by molar-refractivity contribution is 7.21.